The van der Waals surface area contributed by atoms with Crippen LogP contribution in [-0.2, 0) is 19.6 Å². The summed E-state index contributed by atoms with van der Waals surface area (Å²) >= 11 is 0. The predicted molar refractivity (Wildman–Crippen MR) is 102 cm³/mol. The van der Waals surface area contributed by atoms with Crippen molar-refractivity contribution in [2.75, 3.05) is 53.4 Å². The number of rotatable bonds is 6. The molecule has 1 aromatic rings. The normalized spacial score (nSPS) is 16.1. The van der Waals surface area contributed by atoms with E-state index in [2.05, 4.69) is 5.32 Å². The molecule has 1 aromatic carbocycles. The van der Waals surface area contributed by atoms with Gasteiger partial charge in [-0.25, -0.2) is 8.42 Å². The van der Waals surface area contributed by atoms with E-state index in [9.17, 15) is 18.0 Å². The smallest absolute Gasteiger partial charge is 0.277 e. The zero-order valence-electron chi connectivity index (χ0n) is 16.4. The largest absolute Gasteiger partial charge is 0.358 e. The minimum absolute atomic E-state index is 0.0236. The number of likely N-dealkylation sites (N-methyl/N-ethyl adjacent to an activating group) is 2. The lowest BCUT2D eigenvalue weighted by molar-refractivity contribution is -0.895. The monoisotopic (exact) mass is 397 g/mol. The number of quaternary nitrogens is 1. The molecular weight excluding hydrogens is 368 g/mol. The molecule has 0 aliphatic carbocycles. The zero-order valence-corrected chi connectivity index (χ0v) is 17.2. The van der Waals surface area contributed by atoms with Crippen molar-refractivity contribution in [3.05, 3.63) is 29.3 Å². The summed E-state index contributed by atoms with van der Waals surface area (Å²) in [4.78, 5) is 26.4. The number of carbonyl (C=O) groups excluding carboxylic acids is 2. The highest BCUT2D eigenvalue weighted by Gasteiger charge is 2.32. The zero-order chi connectivity index (χ0) is 20.2. The fourth-order valence-electron chi connectivity index (χ4n) is 3.08. The average Bonchev–Trinajstić information content (AvgIpc) is 2.63. The van der Waals surface area contributed by atoms with E-state index >= 15 is 0 Å². The lowest BCUT2D eigenvalue weighted by atomic mass is 10.2. The van der Waals surface area contributed by atoms with Crippen molar-refractivity contribution in [3.63, 3.8) is 0 Å². The molecule has 2 amide bonds. The van der Waals surface area contributed by atoms with Crippen molar-refractivity contribution < 1.29 is 22.9 Å². The molecule has 1 aliphatic rings. The van der Waals surface area contributed by atoms with E-state index in [0.717, 1.165) is 16.0 Å². The highest BCUT2D eigenvalue weighted by molar-refractivity contribution is 7.89. The van der Waals surface area contributed by atoms with Crippen LogP contribution in [0, 0.1) is 13.8 Å². The van der Waals surface area contributed by atoms with Gasteiger partial charge in [-0.05, 0) is 31.0 Å². The van der Waals surface area contributed by atoms with E-state index in [4.69, 9.17) is 0 Å². The number of benzene rings is 1. The Morgan fingerprint density at radius 2 is 1.85 bits per heavy atom. The first-order valence-corrected chi connectivity index (χ1v) is 10.4. The first-order chi connectivity index (χ1) is 12.6. The number of hydrogen-bond acceptors (Lipinski definition) is 4. The molecule has 0 unspecified atom stereocenters. The van der Waals surface area contributed by atoms with Gasteiger partial charge in [0.05, 0.1) is 37.6 Å². The van der Waals surface area contributed by atoms with Crippen LogP contribution in [0.5, 0.6) is 0 Å². The van der Waals surface area contributed by atoms with Crippen LogP contribution in [0.1, 0.15) is 11.1 Å². The third kappa shape index (κ3) is 5.27. The summed E-state index contributed by atoms with van der Waals surface area (Å²) in [6, 6.07) is 5.43. The maximum absolute atomic E-state index is 12.9. The molecule has 150 valence electrons. The van der Waals surface area contributed by atoms with Gasteiger partial charge in [-0.3, -0.25) is 9.59 Å². The maximum Gasteiger partial charge on any atom is 0.277 e. The second-order valence-electron chi connectivity index (χ2n) is 7.02. The van der Waals surface area contributed by atoms with Crippen LogP contribution in [0.4, 0.5) is 0 Å². The van der Waals surface area contributed by atoms with Gasteiger partial charge in [-0.15, -0.1) is 0 Å². The topological polar surface area (TPSA) is 91.2 Å². The number of nitrogens with one attached hydrogen (secondary N) is 2. The molecule has 0 spiro atoms. The number of sulfonamides is 1. The Morgan fingerprint density at radius 1 is 1.22 bits per heavy atom. The summed E-state index contributed by atoms with van der Waals surface area (Å²) in [5, 5.41) is 2.49. The van der Waals surface area contributed by atoms with Crippen LogP contribution < -0.4 is 10.2 Å². The molecule has 27 heavy (non-hydrogen) atoms. The maximum atomic E-state index is 12.9. The van der Waals surface area contributed by atoms with Crippen LogP contribution in [0.3, 0.4) is 0 Å². The number of amides is 2. The molecule has 1 aliphatic heterocycles. The van der Waals surface area contributed by atoms with Crippen LogP contribution >= 0.6 is 0 Å². The fourth-order valence-corrected chi connectivity index (χ4v) is 4.83. The molecule has 0 atom stereocenters. The van der Waals surface area contributed by atoms with E-state index in [1.165, 1.54) is 16.3 Å². The highest BCUT2D eigenvalue weighted by Crippen LogP contribution is 2.21. The van der Waals surface area contributed by atoms with Gasteiger partial charge >= 0.3 is 0 Å². The molecule has 2 rings (SSSR count). The van der Waals surface area contributed by atoms with Gasteiger partial charge in [0.25, 0.3) is 5.91 Å². The molecule has 0 radical (unpaired) electrons. The van der Waals surface area contributed by atoms with Crippen LogP contribution in [0.25, 0.3) is 0 Å². The summed E-state index contributed by atoms with van der Waals surface area (Å²) in [6.45, 7) is 5.82. The Hall–Kier alpha value is -1.97. The van der Waals surface area contributed by atoms with Gasteiger partial charge in [0.15, 0.2) is 6.54 Å². The Morgan fingerprint density at radius 3 is 2.44 bits per heavy atom. The average molecular weight is 398 g/mol. The Labute approximate surface area is 161 Å². The van der Waals surface area contributed by atoms with Crippen LogP contribution in [0.2, 0.25) is 0 Å². The molecule has 1 heterocycles. The summed E-state index contributed by atoms with van der Waals surface area (Å²) < 4.78 is 27.4. The standard InChI is InChI=1S/C18H28N4O4S/c1-14-5-6-15(2)16(11-14)27(25,26)22-9-7-21(8-10-22)13-18(24)20(4)12-17(23)19-3/h5-6,11H,7-10,12-13H2,1-4H3,(H,19,23)/p+1. The van der Waals surface area contributed by atoms with E-state index in [1.54, 1.807) is 20.0 Å². The van der Waals surface area contributed by atoms with Gasteiger partial charge in [0, 0.05) is 14.1 Å². The fraction of sp³-hybridized carbons (Fsp3) is 0.556. The van der Waals surface area contributed by atoms with E-state index in [1.807, 2.05) is 19.1 Å². The summed E-state index contributed by atoms with van der Waals surface area (Å²) in [5.41, 5.74) is 1.65. The molecule has 0 aromatic heterocycles. The summed E-state index contributed by atoms with van der Waals surface area (Å²) in [6.07, 6.45) is 0. The van der Waals surface area contributed by atoms with Gasteiger partial charge in [-0.1, -0.05) is 12.1 Å². The Bertz CT molecular complexity index is 802. The number of aryl methyl sites for hydroxylation is 2. The molecule has 0 bridgehead atoms. The van der Waals surface area contributed by atoms with E-state index in [-0.39, 0.29) is 24.9 Å². The Kier molecular flexibility index (Phi) is 6.96. The second-order valence-corrected chi connectivity index (χ2v) is 8.93. The first kappa shape index (κ1) is 21.3. The first-order valence-electron chi connectivity index (χ1n) is 9.00. The minimum atomic E-state index is -3.53. The van der Waals surface area contributed by atoms with Gasteiger partial charge in [0.1, 0.15) is 0 Å². The Balaban J connectivity index is 1.95. The number of carbonyl (C=O) groups is 2. The minimum Gasteiger partial charge on any atom is -0.358 e. The van der Waals surface area contributed by atoms with Crippen molar-refractivity contribution in [2.45, 2.75) is 18.7 Å². The second kappa shape index (κ2) is 8.81. The molecule has 0 saturated carbocycles. The van der Waals surface area contributed by atoms with Gasteiger partial charge < -0.3 is 15.1 Å². The van der Waals surface area contributed by atoms with Gasteiger partial charge in [-0.2, -0.15) is 4.31 Å². The van der Waals surface area contributed by atoms with E-state index < -0.39 is 10.0 Å². The lowest BCUT2D eigenvalue weighted by Gasteiger charge is -2.32. The number of piperazine rings is 1. The predicted octanol–water partition coefficient (Wildman–Crippen LogP) is -1.60. The van der Waals surface area contributed by atoms with Crippen LogP contribution in [0.15, 0.2) is 23.1 Å². The summed E-state index contributed by atoms with van der Waals surface area (Å²) in [5.74, 6) is -0.343. The van der Waals surface area contributed by atoms with Crippen molar-refractivity contribution in [1.29, 1.82) is 0 Å². The molecule has 2 N–H and O–H groups in total. The number of hydrogen-bond donors (Lipinski definition) is 2. The molecule has 8 nitrogen and oxygen atoms in total. The summed E-state index contributed by atoms with van der Waals surface area (Å²) in [7, 11) is -0.406. The molecule has 9 heteroatoms. The van der Waals surface area contributed by atoms with Crippen molar-refractivity contribution in [2.24, 2.45) is 0 Å². The molecule has 1 fully saturated rings. The third-order valence-corrected chi connectivity index (χ3v) is 6.92. The highest BCUT2D eigenvalue weighted by atomic mass is 32.2. The lowest BCUT2D eigenvalue weighted by Crippen LogP contribution is -3.15. The molecular formula is C18H29N4O4S+. The number of nitrogens with zero attached hydrogens (tertiary/aromatic N) is 2. The van der Waals surface area contributed by atoms with Gasteiger partial charge in [0.2, 0.25) is 15.9 Å². The van der Waals surface area contributed by atoms with Crippen molar-refractivity contribution in [3.8, 4) is 0 Å². The van der Waals surface area contributed by atoms with E-state index in [0.29, 0.717) is 31.1 Å². The quantitative estimate of drug-likeness (QED) is 0.605. The van der Waals surface area contributed by atoms with Crippen molar-refractivity contribution in [1.82, 2.24) is 14.5 Å². The third-order valence-electron chi connectivity index (χ3n) is 4.88. The SMILES string of the molecule is CNC(=O)CN(C)C(=O)C[NH+]1CCN(S(=O)(=O)c2cc(C)ccc2C)CC1. The van der Waals surface area contributed by atoms with Crippen molar-refractivity contribution >= 4 is 21.8 Å². The van der Waals surface area contributed by atoms with Crippen LogP contribution in [-0.4, -0.2) is 82.8 Å². The molecule has 1 saturated heterocycles.